The van der Waals surface area contributed by atoms with Crippen LogP contribution in [-0.2, 0) is 4.79 Å². The molecule has 0 bridgehead atoms. The highest BCUT2D eigenvalue weighted by Gasteiger charge is 2.36. The van der Waals surface area contributed by atoms with Crippen LogP contribution in [0.1, 0.15) is 35.9 Å². The molecule has 1 aliphatic heterocycles. The average molecular weight is 432 g/mol. The van der Waals surface area contributed by atoms with Gasteiger partial charge < -0.3 is 15.4 Å². The summed E-state index contributed by atoms with van der Waals surface area (Å²) in [5, 5.41) is 6.82. The number of hydrogen-bond acceptors (Lipinski definition) is 4. The fourth-order valence-electron chi connectivity index (χ4n) is 4.55. The summed E-state index contributed by atoms with van der Waals surface area (Å²) < 4.78 is 32.9. The topological polar surface area (TPSA) is 50.4 Å². The number of carbonyl (C=O) groups is 1. The van der Waals surface area contributed by atoms with E-state index in [-0.39, 0.29) is 11.7 Å². The normalized spacial score (nSPS) is 19.9. The second kappa shape index (κ2) is 8.11. The largest absolute Gasteiger partial charge is 0.497 e. The Kier molecular flexibility index (Phi) is 5.13. The first-order chi connectivity index (χ1) is 15.5. The first-order valence-electron chi connectivity index (χ1n) is 10.5. The zero-order chi connectivity index (χ0) is 22.2. The number of nitrogens with one attached hydrogen (secondary N) is 2. The molecule has 0 fully saturated rings. The lowest BCUT2D eigenvalue weighted by atomic mass is 9.78. The molecule has 0 saturated heterocycles. The molecule has 0 saturated carbocycles. The van der Waals surface area contributed by atoms with Crippen LogP contribution in [0.15, 0.2) is 78.0 Å². The summed E-state index contributed by atoms with van der Waals surface area (Å²) >= 11 is 0. The first-order valence-corrected chi connectivity index (χ1v) is 10.5. The summed E-state index contributed by atoms with van der Waals surface area (Å²) in [5.41, 5.74) is 4.57. The van der Waals surface area contributed by atoms with Crippen molar-refractivity contribution < 1.29 is 18.3 Å². The van der Waals surface area contributed by atoms with Crippen molar-refractivity contribution in [2.24, 2.45) is 0 Å². The maximum absolute atomic E-state index is 14.1. The van der Waals surface area contributed by atoms with Gasteiger partial charge in [0.2, 0.25) is 0 Å². The van der Waals surface area contributed by atoms with Crippen LogP contribution in [0.5, 0.6) is 5.75 Å². The Labute approximate surface area is 184 Å². The van der Waals surface area contributed by atoms with E-state index < -0.39 is 17.7 Å². The van der Waals surface area contributed by atoms with Gasteiger partial charge in [-0.15, -0.1) is 0 Å². The predicted molar refractivity (Wildman–Crippen MR) is 120 cm³/mol. The van der Waals surface area contributed by atoms with Crippen molar-refractivity contribution in [2.75, 3.05) is 17.7 Å². The van der Waals surface area contributed by atoms with E-state index >= 15 is 0 Å². The molecule has 32 heavy (non-hydrogen) atoms. The highest BCUT2D eigenvalue weighted by Crippen LogP contribution is 2.44. The molecular weight excluding hydrogens is 410 g/mol. The van der Waals surface area contributed by atoms with Crippen LogP contribution in [0.25, 0.3) is 0 Å². The number of ketones is 1. The van der Waals surface area contributed by atoms with Crippen LogP contribution in [0, 0.1) is 11.6 Å². The number of ether oxygens (including phenoxy) is 1. The van der Waals surface area contributed by atoms with Crippen molar-refractivity contribution in [3.05, 3.63) is 101 Å². The van der Waals surface area contributed by atoms with Gasteiger partial charge in [0.15, 0.2) is 17.4 Å². The van der Waals surface area contributed by atoms with Gasteiger partial charge in [0.25, 0.3) is 0 Å². The number of rotatable bonds is 3. The Balaban J connectivity index is 1.59. The molecule has 1 heterocycles. The van der Waals surface area contributed by atoms with Crippen molar-refractivity contribution in [1.82, 2.24) is 0 Å². The quantitative estimate of drug-likeness (QED) is 0.537. The van der Waals surface area contributed by atoms with Crippen LogP contribution in [0.2, 0.25) is 0 Å². The molecule has 0 aromatic heterocycles. The molecule has 162 valence electrons. The molecular formula is C26H22F2N2O2. The number of benzene rings is 3. The lowest BCUT2D eigenvalue weighted by Gasteiger charge is -2.30. The van der Waals surface area contributed by atoms with E-state index in [9.17, 15) is 13.6 Å². The van der Waals surface area contributed by atoms with E-state index in [0.717, 1.165) is 40.5 Å². The standard InChI is InChI=1S/C26H22F2N2O2/c1-32-18-9-6-15(7-10-18)17-13-23-25(24(31)14-17)26(16-8-11-19(27)20(28)12-16)30-22-5-3-2-4-21(22)29-23/h2-12,17,26,29-30H,13-14H2,1H3/t17-,26+/m1/s1. The highest BCUT2D eigenvalue weighted by molar-refractivity contribution is 6.01. The Morgan fingerprint density at radius 2 is 1.59 bits per heavy atom. The SMILES string of the molecule is COc1ccc([C@H]2CC(=O)C3=C(C2)Nc2ccccc2N[C@H]3c2ccc(F)c(F)c2)cc1. The van der Waals surface area contributed by atoms with Gasteiger partial charge in [-0.05, 0) is 59.9 Å². The van der Waals surface area contributed by atoms with E-state index in [0.29, 0.717) is 24.0 Å². The van der Waals surface area contributed by atoms with Crippen LogP contribution in [-0.4, -0.2) is 12.9 Å². The van der Waals surface area contributed by atoms with Crippen molar-refractivity contribution >= 4 is 17.2 Å². The number of halogens is 2. The summed E-state index contributed by atoms with van der Waals surface area (Å²) in [4.78, 5) is 13.4. The summed E-state index contributed by atoms with van der Waals surface area (Å²) in [5.74, 6) is -1.09. The maximum atomic E-state index is 14.1. The molecule has 0 amide bonds. The molecule has 5 rings (SSSR count). The third-order valence-electron chi connectivity index (χ3n) is 6.17. The molecule has 0 spiro atoms. The summed E-state index contributed by atoms with van der Waals surface area (Å²) in [6, 6.07) is 18.6. The van der Waals surface area contributed by atoms with Crippen LogP contribution < -0.4 is 15.4 Å². The number of carbonyl (C=O) groups excluding carboxylic acids is 1. The highest BCUT2D eigenvalue weighted by atomic mass is 19.2. The van der Waals surface area contributed by atoms with Gasteiger partial charge in [-0.3, -0.25) is 4.79 Å². The van der Waals surface area contributed by atoms with Gasteiger partial charge >= 0.3 is 0 Å². The molecule has 1 aliphatic carbocycles. The van der Waals surface area contributed by atoms with E-state index in [1.54, 1.807) is 7.11 Å². The van der Waals surface area contributed by atoms with E-state index in [1.807, 2.05) is 48.5 Å². The molecule has 3 aromatic rings. The van der Waals surface area contributed by atoms with E-state index in [2.05, 4.69) is 10.6 Å². The predicted octanol–water partition coefficient (Wildman–Crippen LogP) is 5.95. The smallest absolute Gasteiger partial charge is 0.163 e. The minimum absolute atomic E-state index is 0.00974. The van der Waals surface area contributed by atoms with Crippen molar-refractivity contribution in [1.29, 1.82) is 0 Å². The maximum Gasteiger partial charge on any atom is 0.163 e. The fourth-order valence-corrected chi connectivity index (χ4v) is 4.55. The third kappa shape index (κ3) is 3.62. The minimum atomic E-state index is -0.934. The number of Topliss-reactive ketones (excluding diaryl/α,β-unsaturated/α-hetero) is 1. The van der Waals surface area contributed by atoms with Gasteiger partial charge in [0.1, 0.15) is 5.75 Å². The number of methoxy groups -OCH3 is 1. The number of allylic oxidation sites excluding steroid dienone is 1. The molecule has 2 aliphatic rings. The lowest BCUT2D eigenvalue weighted by Crippen LogP contribution is -2.27. The monoisotopic (exact) mass is 432 g/mol. The van der Waals surface area contributed by atoms with Crippen molar-refractivity contribution in [3.8, 4) is 5.75 Å². The Hall–Kier alpha value is -3.67. The zero-order valence-corrected chi connectivity index (χ0v) is 17.5. The number of anilines is 2. The van der Waals surface area contributed by atoms with E-state index in [4.69, 9.17) is 4.74 Å². The molecule has 2 atom stereocenters. The summed E-state index contributed by atoms with van der Waals surface area (Å²) in [6.07, 6.45) is 0.967. The minimum Gasteiger partial charge on any atom is -0.497 e. The summed E-state index contributed by atoms with van der Waals surface area (Å²) in [7, 11) is 1.62. The summed E-state index contributed by atoms with van der Waals surface area (Å²) in [6.45, 7) is 0. The second-order valence-electron chi connectivity index (χ2n) is 8.12. The van der Waals surface area contributed by atoms with Gasteiger partial charge in [-0.1, -0.05) is 30.3 Å². The zero-order valence-electron chi connectivity index (χ0n) is 17.5. The van der Waals surface area contributed by atoms with Crippen LogP contribution >= 0.6 is 0 Å². The lowest BCUT2D eigenvalue weighted by molar-refractivity contribution is -0.116. The number of para-hydroxylation sites is 2. The van der Waals surface area contributed by atoms with E-state index in [1.165, 1.54) is 6.07 Å². The average Bonchev–Trinajstić information content (AvgIpc) is 2.98. The molecule has 6 heteroatoms. The third-order valence-corrected chi connectivity index (χ3v) is 6.17. The Morgan fingerprint density at radius 1 is 0.875 bits per heavy atom. The number of fused-ring (bicyclic) bond motifs is 1. The van der Waals surface area contributed by atoms with Crippen molar-refractivity contribution in [3.63, 3.8) is 0 Å². The second-order valence-corrected chi connectivity index (χ2v) is 8.12. The van der Waals surface area contributed by atoms with Crippen molar-refractivity contribution in [2.45, 2.75) is 24.8 Å². The van der Waals surface area contributed by atoms with Crippen LogP contribution in [0.4, 0.5) is 20.2 Å². The first kappa shape index (κ1) is 20.2. The molecule has 2 N–H and O–H groups in total. The molecule has 4 nitrogen and oxygen atoms in total. The fraction of sp³-hybridized carbons (Fsp3) is 0.192. The Morgan fingerprint density at radius 3 is 2.31 bits per heavy atom. The molecule has 0 unspecified atom stereocenters. The van der Waals surface area contributed by atoms with Gasteiger partial charge in [0.05, 0.1) is 24.5 Å². The van der Waals surface area contributed by atoms with Crippen LogP contribution in [0.3, 0.4) is 0 Å². The molecule has 0 radical (unpaired) electrons. The number of hydrogen-bond donors (Lipinski definition) is 2. The van der Waals surface area contributed by atoms with Gasteiger partial charge in [-0.25, -0.2) is 8.78 Å². The van der Waals surface area contributed by atoms with Gasteiger partial charge in [-0.2, -0.15) is 0 Å². The van der Waals surface area contributed by atoms with Gasteiger partial charge in [0, 0.05) is 17.7 Å². The Bertz CT molecular complexity index is 1220. The molecule has 3 aromatic carbocycles.